The highest BCUT2D eigenvalue weighted by atomic mass is 16.5. The zero-order chi connectivity index (χ0) is 13.9. The maximum Gasteiger partial charge on any atom is 0.239 e. The van der Waals surface area contributed by atoms with E-state index in [0.29, 0.717) is 0 Å². The second kappa shape index (κ2) is 6.23. The molecule has 110 valence electrons. The number of ether oxygens (including phenoxy) is 1. The van der Waals surface area contributed by atoms with Crippen molar-refractivity contribution in [3.8, 4) is 0 Å². The van der Waals surface area contributed by atoms with Crippen LogP contribution in [0.5, 0.6) is 0 Å². The third-order valence-corrected chi connectivity index (χ3v) is 4.38. The molecule has 2 atom stereocenters. The molecule has 0 aromatic carbocycles. The minimum atomic E-state index is -0.0228. The normalized spacial score (nSPS) is 32.2. The van der Waals surface area contributed by atoms with E-state index >= 15 is 0 Å². The number of likely N-dealkylation sites (N-methyl/N-ethyl adjacent to an activating group) is 1. The van der Waals surface area contributed by atoms with Gasteiger partial charge >= 0.3 is 0 Å². The predicted molar refractivity (Wildman–Crippen MR) is 76.0 cm³/mol. The number of nitrogens with one attached hydrogen (secondary N) is 1. The second-order valence-electron chi connectivity index (χ2n) is 6.75. The van der Waals surface area contributed by atoms with Crippen LogP contribution in [0.25, 0.3) is 0 Å². The number of amides is 1. The molecular weight excluding hydrogens is 240 g/mol. The van der Waals surface area contributed by atoms with E-state index < -0.39 is 0 Å². The first-order valence-electron chi connectivity index (χ1n) is 7.59. The Bertz CT molecular complexity index is 311. The van der Waals surface area contributed by atoms with Gasteiger partial charge < -0.3 is 15.0 Å². The molecular formula is C15H28N2O2. The van der Waals surface area contributed by atoms with Gasteiger partial charge in [0.2, 0.25) is 5.91 Å². The van der Waals surface area contributed by atoms with Crippen molar-refractivity contribution in [1.82, 2.24) is 10.2 Å². The zero-order valence-corrected chi connectivity index (χ0v) is 12.6. The Balaban J connectivity index is 2.03. The molecule has 2 aliphatic rings. The summed E-state index contributed by atoms with van der Waals surface area (Å²) in [5, 5.41) is 3.17. The molecule has 0 aromatic heterocycles. The third-order valence-electron chi connectivity index (χ3n) is 4.38. The molecule has 4 nitrogen and oxygen atoms in total. The second-order valence-corrected chi connectivity index (χ2v) is 6.75. The van der Waals surface area contributed by atoms with Crippen molar-refractivity contribution < 1.29 is 9.53 Å². The van der Waals surface area contributed by atoms with E-state index in [1.165, 1.54) is 6.42 Å². The summed E-state index contributed by atoms with van der Waals surface area (Å²) in [6.45, 7) is 6.98. The molecule has 2 unspecified atom stereocenters. The van der Waals surface area contributed by atoms with Gasteiger partial charge in [0.1, 0.15) is 0 Å². The number of carbonyl (C=O) groups is 1. The standard InChI is InChI=1S/C15H28N2O2/c1-15(2)8-7-13(16-3)14(18)17(11-15)10-12-6-4-5-9-19-12/h12-13,16H,4-11H2,1-3H3. The lowest BCUT2D eigenvalue weighted by molar-refractivity contribution is -0.136. The number of likely N-dealkylation sites (tertiary alicyclic amines) is 1. The summed E-state index contributed by atoms with van der Waals surface area (Å²) in [7, 11) is 1.89. The molecule has 19 heavy (non-hydrogen) atoms. The molecule has 0 saturated carbocycles. The molecule has 0 radical (unpaired) electrons. The van der Waals surface area contributed by atoms with Crippen LogP contribution in [0.15, 0.2) is 0 Å². The van der Waals surface area contributed by atoms with Crippen LogP contribution in [-0.2, 0) is 9.53 Å². The van der Waals surface area contributed by atoms with E-state index in [2.05, 4.69) is 19.2 Å². The van der Waals surface area contributed by atoms with E-state index in [1.54, 1.807) is 0 Å². The minimum Gasteiger partial charge on any atom is -0.376 e. The van der Waals surface area contributed by atoms with Gasteiger partial charge in [0.05, 0.1) is 12.1 Å². The molecule has 2 fully saturated rings. The van der Waals surface area contributed by atoms with Crippen molar-refractivity contribution in [2.75, 3.05) is 26.7 Å². The fourth-order valence-electron chi connectivity index (χ4n) is 3.17. The van der Waals surface area contributed by atoms with Gasteiger partial charge in [0, 0.05) is 19.7 Å². The fourth-order valence-corrected chi connectivity index (χ4v) is 3.17. The van der Waals surface area contributed by atoms with E-state index in [4.69, 9.17) is 4.74 Å². The summed E-state index contributed by atoms with van der Waals surface area (Å²) in [6, 6.07) is -0.0228. The van der Waals surface area contributed by atoms with Gasteiger partial charge in [-0.15, -0.1) is 0 Å². The maximum atomic E-state index is 12.5. The average Bonchev–Trinajstić information content (AvgIpc) is 2.49. The number of hydrogen-bond donors (Lipinski definition) is 1. The lowest BCUT2D eigenvalue weighted by Gasteiger charge is -2.34. The molecule has 2 aliphatic heterocycles. The van der Waals surface area contributed by atoms with Gasteiger partial charge in [-0.1, -0.05) is 13.8 Å². The highest BCUT2D eigenvalue weighted by molar-refractivity contribution is 5.82. The van der Waals surface area contributed by atoms with Crippen LogP contribution in [0.4, 0.5) is 0 Å². The van der Waals surface area contributed by atoms with Crippen molar-refractivity contribution in [3.05, 3.63) is 0 Å². The van der Waals surface area contributed by atoms with Gasteiger partial charge in [-0.25, -0.2) is 0 Å². The lowest BCUT2D eigenvalue weighted by Crippen LogP contribution is -2.48. The molecule has 0 aromatic rings. The zero-order valence-electron chi connectivity index (χ0n) is 12.6. The Morgan fingerprint density at radius 2 is 2.16 bits per heavy atom. The monoisotopic (exact) mass is 268 g/mol. The van der Waals surface area contributed by atoms with E-state index in [0.717, 1.165) is 45.4 Å². The van der Waals surface area contributed by atoms with Gasteiger partial charge in [-0.2, -0.15) is 0 Å². The SMILES string of the molecule is CNC1CCC(C)(C)CN(CC2CCCCO2)C1=O. The first-order chi connectivity index (χ1) is 9.02. The topological polar surface area (TPSA) is 41.6 Å². The summed E-state index contributed by atoms with van der Waals surface area (Å²) in [6.07, 6.45) is 5.75. The number of hydrogen-bond acceptors (Lipinski definition) is 3. The third kappa shape index (κ3) is 3.93. The van der Waals surface area contributed by atoms with Crippen molar-refractivity contribution in [3.63, 3.8) is 0 Å². The van der Waals surface area contributed by atoms with Gasteiger partial charge in [0.25, 0.3) is 0 Å². The van der Waals surface area contributed by atoms with Crippen LogP contribution >= 0.6 is 0 Å². The summed E-state index contributed by atoms with van der Waals surface area (Å²) in [5.74, 6) is 0.252. The highest BCUT2D eigenvalue weighted by Crippen LogP contribution is 2.29. The average molecular weight is 268 g/mol. The maximum absolute atomic E-state index is 12.5. The Labute approximate surface area is 116 Å². The quantitative estimate of drug-likeness (QED) is 0.848. The first kappa shape index (κ1) is 14.8. The summed E-state index contributed by atoms with van der Waals surface area (Å²) in [4.78, 5) is 14.6. The van der Waals surface area contributed by atoms with Gasteiger partial charge in [-0.05, 0) is 44.6 Å². The lowest BCUT2D eigenvalue weighted by atomic mass is 9.87. The van der Waals surface area contributed by atoms with Gasteiger partial charge in [-0.3, -0.25) is 4.79 Å². The molecule has 0 aliphatic carbocycles. The summed E-state index contributed by atoms with van der Waals surface area (Å²) < 4.78 is 5.79. The Kier molecular flexibility index (Phi) is 4.85. The number of rotatable bonds is 3. The Morgan fingerprint density at radius 3 is 2.79 bits per heavy atom. The first-order valence-corrected chi connectivity index (χ1v) is 7.59. The van der Waals surface area contributed by atoms with Crippen LogP contribution in [0.2, 0.25) is 0 Å². The molecule has 1 N–H and O–H groups in total. The van der Waals surface area contributed by atoms with Crippen molar-refractivity contribution in [1.29, 1.82) is 0 Å². The summed E-state index contributed by atoms with van der Waals surface area (Å²) in [5.41, 5.74) is 0.204. The molecule has 2 saturated heterocycles. The Hall–Kier alpha value is -0.610. The van der Waals surface area contributed by atoms with Crippen LogP contribution in [0.3, 0.4) is 0 Å². The largest absolute Gasteiger partial charge is 0.376 e. The number of carbonyl (C=O) groups excluding carboxylic acids is 1. The van der Waals surface area contributed by atoms with E-state index in [-0.39, 0.29) is 23.5 Å². The molecule has 0 spiro atoms. The molecule has 1 amide bonds. The molecule has 2 heterocycles. The highest BCUT2D eigenvalue weighted by Gasteiger charge is 2.35. The number of nitrogens with zero attached hydrogens (tertiary/aromatic N) is 1. The van der Waals surface area contributed by atoms with Crippen LogP contribution in [-0.4, -0.2) is 49.7 Å². The van der Waals surface area contributed by atoms with Crippen LogP contribution in [0, 0.1) is 5.41 Å². The van der Waals surface area contributed by atoms with Gasteiger partial charge in [0.15, 0.2) is 0 Å². The van der Waals surface area contributed by atoms with Crippen molar-refractivity contribution in [2.24, 2.45) is 5.41 Å². The molecule has 2 rings (SSSR count). The smallest absolute Gasteiger partial charge is 0.239 e. The molecule has 4 heteroatoms. The van der Waals surface area contributed by atoms with Crippen molar-refractivity contribution >= 4 is 5.91 Å². The minimum absolute atomic E-state index is 0.0228. The van der Waals surface area contributed by atoms with Crippen molar-refractivity contribution in [2.45, 2.75) is 58.1 Å². The van der Waals surface area contributed by atoms with Crippen LogP contribution in [0.1, 0.15) is 46.0 Å². The molecule has 0 bridgehead atoms. The van der Waals surface area contributed by atoms with Crippen LogP contribution < -0.4 is 5.32 Å². The van der Waals surface area contributed by atoms with E-state index in [9.17, 15) is 4.79 Å². The predicted octanol–water partition coefficient (Wildman–Crippen LogP) is 1.79. The Morgan fingerprint density at radius 1 is 1.37 bits per heavy atom. The summed E-state index contributed by atoms with van der Waals surface area (Å²) >= 11 is 0. The van der Waals surface area contributed by atoms with E-state index in [1.807, 2.05) is 11.9 Å². The fraction of sp³-hybridized carbons (Fsp3) is 0.933.